The second kappa shape index (κ2) is 3.84. The van der Waals surface area contributed by atoms with Crippen LogP contribution in [-0.4, -0.2) is 5.78 Å². The molecule has 0 heterocycles. The summed E-state index contributed by atoms with van der Waals surface area (Å²) in [6, 6.07) is 0. The Labute approximate surface area is 116 Å². The van der Waals surface area contributed by atoms with E-state index in [2.05, 4.69) is 32.6 Å². The molecule has 1 heteroatoms. The van der Waals surface area contributed by atoms with E-state index < -0.39 is 0 Å². The summed E-state index contributed by atoms with van der Waals surface area (Å²) in [5.74, 6) is 6.21. The molecule has 0 aromatic carbocycles. The molecule has 0 aromatic heterocycles. The molecule has 4 rings (SSSR count). The molecule has 3 fully saturated rings. The van der Waals surface area contributed by atoms with E-state index in [0.717, 1.165) is 47.5 Å². The van der Waals surface area contributed by atoms with Gasteiger partial charge in [0.2, 0.25) is 0 Å². The van der Waals surface area contributed by atoms with Crippen LogP contribution in [-0.2, 0) is 4.79 Å². The summed E-state index contributed by atoms with van der Waals surface area (Å²) in [6.45, 7) is 8.41. The quantitative estimate of drug-likeness (QED) is 0.551. The van der Waals surface area contributed by atoms with Gasteiger partial charge in [-0.05, 0) is 66.3 Å². The lowest BCUT2D eigenvalue weighted by molar-refractivity contribution is -0.117. The lowest BCUT2D eigenvalue weighted by Crippen LogP contribution is -2.18. The molecule has 0 saturated heterocycles. The van der Waals surface area contributed by atoms with Gasteiger partial charge in [0, 0.05) is 5.92 Å². The van der Waals surface area contributed by atoms with Gasteiger partial charge in [0.15, 0.2) is 5.78 Å². The van der Waals surface area contributed by atoms with Crippen molar-refractivity contribution in [2.75, 3.05) is 0 Å². The van der Waals surface area contributed by atoms with E-state index in [1.807, 2.05) is 0 Å². The van der Waals surface area contributed by atoms with Crippen LogP contribution in [0.3, 0.4) is 0 Å². The number of carbonyl (C=O) groups excluding carboxylic acids is 1. The Hall–Kier alpha value is -0.850. The second-order valence-electron chi connectivity index (χ2n) is 7.71. The van der Waals surface area contributed by atoms with Crippen molar-refractivity contribution in [3.05, 3.63) is 24.3 Å². The van der Waals surface area contributed by atoms with Crippen molar-refractivity contribution in [2.24, 2.45) is 47.3 Å². The molecule has 0 N–H and O–H groups in total. The first kappa shape index (κ1) is 11.9. The molecule has 1 nitrogen and oxygen atoms in total. The highest BCUT2D eigenvalue weighted by Crippen LogP contribution is 2.74. The summed E-state index contributed by atoms with van der Waals surface area (Å²) in [5, 5.41) is 0. The van der Waals surface area contributed by atoms with Crippen molar-refractivity contribution in [3.8, 4) is 0 Å². The molecule has 3 saturated carbocycles. The average Bonchev–Trinajstić information content (AvgIpc) is 2.73. The van der Waals surface area contributed by atoms with Gasteiger partial charge < -0.3 is 0 Å². The maximum atomic E-state index is 12.6. The van der Waals surface area contributed by atoms with Crippen molar-refractivity contribution in [3.63, 3.8) is 0 Å². The fourth-order valence-electron chi connectivity index (χ4n) is 5.76. The smallest absolute Gasteiger partial charge is 0.161 e. The van der Waals surface area contributed by atoms with E-state index in [-0.39, 0.29) is 0 Å². The predicted molar refractivity (Wildman–Crippen MR) is 76.4 cm³/mol. The van der Waals surface area contributed by atoms with Crippen LogP contribution in [0.25, 0.3) is 0 Å². The van der Waals surface area contributed by atoms with Crippen LogP contribution in [0.2, 0.25) is 0 Å². The van der Waals surface area contributed by atoms with Crippen LogP contribution < -0.4 is 0 Å². The number of allylic oxidation sites excluding steroid dienone is 3. The lowest BCUT2D eigenvalue weighted by Gasteiger charge is -2.22. The van der Waals surface area contributed by atoms with Crippen LogP contribution in [0.15, 0.2) is 24.3 Å². The lowest BCUT2D eigenvalue weighted by atomic mass is 9.82. The van der Waals surface area contributed by atoms with Crippen LogP contribution in [0, 0.1) is 47.3 Å². The molecule has 4 aliphatic carbocycles. The molecule has 0 aromatic rings. The molecule has 7 unspecified atom stereocenters. The summed E-state index contributed by atoms with van der Waals surface area (Å²) in [4.78, 5) is 12.6. The van der Waals surface area contributed by atoms with Crippen LogP contribution in [0.1, 0.15) is 33.1 Å². The fraction of sp³-hybridized carbons (Fsp3) is 0.722. The van der Waals surface area contributed by atoms with E-state index >= 15 is 0 Å². The first-order valence-electron chi connectivity index (χ1n) is 7.98. The summed E-state index contributed by atoms with van der Waals surface area (Å²) >= 11 is 0. The van der Waals surface area contributed by atoms with E-state index in [0.29, 0.717) is 17.6 Å². The topological polar surface area (TPSA) is 17.1 Å². The minimum atomic E-state index is 0.369. The van der Waals surface area contributed by atoms with Crippen molar-refractivity contribution >= 4 is 5.78 Å². The number of hydrogen-bond donors (Lipinski definition) is 0. The number of hydrogen-bond acceptors (Lipinski definition) is 1. The minimum absolute atomic E-state index is 0.369. The molecule has 2 bridgehead atoms. The van der Waals surface area contributed by atoms with Crippen molar-refractivity contribution in [1.82, 2.24) is 0 Å². The van der Waals surface area contributed by atoms with E-state index in [1.165, 1.54) is 12.8 Å². The van der Waals surface area contributed by atoms with Crippen LogP contribution >= 0.6 is 0 Å². The van der Waals surface area contributed by atoms with Gasteiger partial charge in [-0.15, -0.1) is 0 Å². The van der Waals surface area contributed by atoms with Gasteiger partial charge in [0.1, 0.15) is 0 Å². The third-order valence-corrected chi connectivity index (χ3v) is 6.28. The monoisotopic (exact) mass is 256 g/mol. The van der Waals surface area contributed by atoms with Gasteiger partial charge in [-0.1, -0.05) is 32.6 Å². The van der Waals surface area contributed by atoms with E-state index in [4.69, 9.17) is 0 Å². The SMILES string of the molecule is C=C(CC(C)C)C(=O)C1C2C3CC(C4CC=CC43)C12. The molecule has 0 amide bonds. The standard InChI is InChI=1S/C18H24O/c1-9(2)7-10(3)18(19)17-15-13-8-14(16(15)17)12-6-4-5-11(12)13/h4-5,9,11-17H,3,6-8H2,1-2H3. The number of rotatable bonds is 4. The average molecular weight is 256 g/mol. The molecule has 0 radical (unpaired) electrons. The second-order valence-corrected chi connectivity index (χ2v) is 7.71. The first-order chi connectivity index (χ1) is 9.09. The Morgan fingerprint density at radius 2 is 2.00 bits per heavy atom. The highest BCUT2D eigenvalue weighted by Gasteiger charge is 2.72. The van der Waals surface area contributed by atoms with Gasteiger partial charge in [-0.3, -0.25) is 4.79 Å². The van der Waals surface area contributed by atoms with Crippen LogP contribution in [0.5, 0.6) is 0 Å². The highest BCUT2D eigenvalue weighted by atomic mass is 16.1. The molecule has 19 heavy (non-hydrogen) atoms. The zero-order chi connectivity index (χ0) is 13.3. The maximum absolute atomic E-state index is 12.6. The molecular formula is C18H24O. The number of carbonyl (C=O) groups is 1. The fourth-order valence-corrected chi connectivity index (χ4v) is 5.76. The molecule has 7 atom stereocenters. The summed E-state index contributed by atoms with van der Waals surface area (Å²) in [6.07, 6.45) is 8.41. The normalized spacial score (nSPS) is 48.5. The Balaban J connectivity index is 1.49. The van der Waals surface area contributed by atoms with Gasteiger partial charge in [-0.25, -0.2) is 0 Å². The van der Waals surface area contributed by atoms with E-state index in [9.17, 15) is 4.79 Å². The highest BCUT2D eigenvalue weighted by molar-refractivity contribution is 5.99. The number of Topliss-reactive ketones (excluding diaryl/α,β-unsaturated/α-hetero) is 1. The maximum Gasteiger partial charge on any atom is 0.161 e. The largest absolute Gasteiger partial charge is 0.294 e. The van der Waals surface area contributed by atoms with E-state index in [1.54, 1.807) is 0 Å². The summed E-state index contributed by atoms with van der Waals surface area (Å²) < 4.78 is 0. The van der Waals surface area contributed by atoms with Gasteiger partial charge in [0.05, 0.1) is 0 Å². The third-order valence-electron chi connectivity index (χ3n) is 6.28. The Kier molecular flexibility index (Phi) is 2.41. The summed E-state index contributed by atoms with van der Waals surface area (Å²) in [7, 11) is 0. The van der Waals surface area contributed by atoms with Crippen molar-refractivity contribution < 1.29 is 4.79 Å². The molecular weight excluding hydrogens is 232 g/mol. The first-order valence-corrected chi connectivity index (χ1v) is 7.98. The molecule has 0 aliphatic heterocycles. The Morgan fingerprint density at radius 1 is 1.26 bits per heavy atom. The van der Waals surface area contributed by atoms with Crippen molar-refractivity contribution in [2.45, 2.75) is 33.1 Å². The zero-order valence-corrected chi connectivity index (χ0v) is 12.0. The summed E-state index contributed by atoms with van der Waals surface area (Å²) in [5.41, 5.74) is 0.898. The molecule has 4 aliphatic rings. The Bertz CT molecular complexity index is 472. The van der Waals surface area contributed by atoms with Crippen LogP contribution in [0.4, 0.5) is 0 Å². The van der Waals surface area contributed by atoms with Gasteiger partial charge in [-0.2, -0.15) is 0 Å². The number of ketones is 1. The minimum Gasteiger partial charge on any atom is -0.294 e. The predicted octanol–water partition coefficient (Wildman–Crippen LogP) is 3.86. The Morgan fingerprint density at radius 3 is 2.74 bits per heavy atom. The third kappa shape index (κ3) is 1.50. The van der Waals surface area contributed by atoms with Crippen molar-refractivity contribution in [1.29, 1.82) is 0 Å². The zero-order valence-electron chi connectivity index (χ0n) is 12.0. The molecule has 0 spiro atoms. The molecule has 102 valence electrons. The van der Waals surface area contributed by atoms with Gasteiger partial charge in [0.25, 0.3) is 0 Å². The van der Waals surface area contributed by atoms with Gasteiger partial charge >= 0.3 is 0 Å². The number of fused-ring (bicyclic) bond motifs is 8.